The molecule has 1 heteroatoms. The van der Waals surface area contributed by atoms with Gasteiger partial charge in [-0.15, -0.1) is 0 Å². The van der Waals surface area contributed by atoms with Gasteiger partial charge in [-0.1, -0.05) is 20.8 Å². The van der Waals surface area contributed by atoms with Crippen molar-refractivity contribution in [2.75, 3.05) is 6.67 Å². The summed E-state index contributed by atoms with van der Waals surface area (Å²) in [5.74, 6) is 0. The highest BCUT2D eigenvalue weighted by atomic mass is 19.1. The van der Waals surface area contributed by atoms with Crippen LogP contribution in [0.1, 0.15) is 20.8 Å². The van der Waals surface area contributed by atoms with E-state index in [-0.39, 0.29) is 12.1 Å². The number of hydrogen-bond donors (Lipinski definition) is 0. The van der Waals surface area contributed by atoms with Gasteiger partial charge in [0.25, 0.3) is 0 Å². The minimum absolute atomic E-state index is 0.125. The van der Waals surface area contributed by atoms with E-state index in [1.165, 1.54) is 0 Å². The summed E-state index contributed by atoms with van der Waals surface area (Å²) in [7, 11) is 0. The molecule has 0 aliphatic rings. The molecule has 0 aromatic rings. The summed E-state index contributed by atoms with van der Waals surface area (Å²) in [4.78, 5) is 0. The Hall–Kier alpha value is -0.0700. The maximum atomic E-state index is 11.5. The molecule has 38 valence electrons. The van der Waals surface area contributed by atoms with Gasteiger partial charge in [0.1, 0.15) is 0 Å². The normalized spacial score (nSPS) is 12.0. The van der Waals surface area contributed by atoms with E-state index in [1.807, 2.05) is 20.8 Å². The van der Waals surface area contributed by atoms with E-state index in [1.54, 1.807) is 0 Å². The molecule has 6 heavy (non-hydrogen) atoms. The largest absolute Gasteiger partial charge is 0.251 e. The second kappa shape index (κ2) is 1.59. The van der Waals surface area contributed by atoms with Gasteiger partial charge < -0.3 is 0 Å². The third-order valence-corrected chi connectivity index (χ3v) is 0.401. The Kier molecular flexibility index (Phi) is 1.57. The van der Waals surface area contributed by atoms with Gasteiger partial charge in [-0.3, -0.25) is 4.39 Å². The van der Waals surface area contributed by atoms with Gasteiger partial charge in [0.2, 0.25) is 0 Å². The predicted octanol–water partition coefficient (Wildman–Crippen LogP) is 2.00. The lowest BCUT2D eigenvalue weighted by atomic mass is 10.00. The maximum Gasteiger partial charge on any atom is 0.0942 e. The third kappa shape index (κ3) is 3.93. The number of halogens is 1. The summed E-state index contributed by atoms with van der Waals surface area (Å²) < 4.78 is 11.5. The molecule has 0 spiro atoms. The van der Waals surface area contributed by atoms with Crippen molar-refractivity contribution in [2.24, 2.45) is 5.41 Å². The van der Waals surface area contributed by atoms with Crippen LogP contribution in [0.2, 0.25) is 0 Å². The van der Waals surface area contributed by atoms with Crippen molar-refractivity contribution in [3.05, 3.63) is 0 Å². The van der Waals surface area contributed by atoms with Crippen molar-refractivity contribution >= 4 is 0 Å². The summed E-state index contributed by atoms with van der Waals surface area (Å²) >= 11 is 0. The minimum Gasteiger partial charge on any atom is -0.251 e. The predicted molar refractivity (Wildman–Crippen MR) is 25.4 cm³/mol. The van der Waals surface area contributed by atoms with Crippen molar-refractivity contribution in [1.82, 2.24) is 0 Å². The standard InChI is InChI=1S/C5H11F/c1-5(2,3)4-6/h4H2,1-3H3. The molecule has 0 aromatic heterocycles. The van der Waals surface area contributed by atoms with Gasteiger partial charge in [0, 0.05) is 0 Å². The number of hydrogen-bond acceptors (Lipinski definition) is 0. The third-order valence-electron chi connectivity index (χ3n) is 0.401. The molecule has 0 radical (unpaired) electrons. The first-order valence-corrected chi connectivity index (χ1v) is 2.12. The van der Waals surface area contributed by atoms with E-state index < -0.39 is 0 Å². The van der Waals surface area contributed by atoms with E-state index in [0.29, 0.717) is 0 Å². The van der Waals surface area contributed by atoms with Crippen LogP contribution in [-0.2, 0) is 0 Å². The molecular weight excluding hydrogens is 79.1 g/mol. The zero-order valence-corrected chi connectivity index (χ0v) is 4.59. The highest BCUT2D eigenvalue weighted by Crippen LogP contribution is 2.11. The Labute approximate surface area is 38.4 Å². The Morgan fingerprint density at radius 1 is 1.33 bits per heavy atom. The average molecular weight is 90.1 g/mol. The van der Waals surface area contributed by atoms with Crippen molar-refractivity contribution in [3.63, 3.8) is 0 Å². The fourth-order valence-electron chi connectivity index (χ4n) is 0. The van der Waals surface area contributed by atoms with Crippen molar-refractivity contribution in [3.8, 4) is 0 Å². The molecule has 0 N–H and O–H groups in total. The van der Waals surface area contributed by atoms with E-state index in [0.717, 1.165) is 0 Å². The van der Waals surface area contributed by atoms with Crippen LogP contribution in [0.15, 0.2) is 0 Å². The van der Waals surface area contributed by atoms with E-state index in [2.05, 4.69) is 0 Å². The molecule has 0 bridgehead atoms. The molecule has 0 fully saturated rings. The Morgan fingerprint density at radius 2 is 1.50 bits per heavy atom. The molecule has 0 atom stereocenters. The number of alkyl halides is 1. The molecule has 0 unspecified atom stereocenters. The topological polar surface area (TPSA) is 0 Å². The fourth-order valence-corrected chi connectivity index (χ4v) is 0. The van der Waals surface area contributed by atoms with Crippen molar-refractivity contribution < 1.29 is 4.39 Å². The average Bonchev–Trinajstić information content (AvgIpc) is 1.35. The molecular formula is C5H11F. The van der Waals surface area contributed by atoms with E-state index >= 15 is 0 Å². The van der Waals surface area contributed by atoms with Gasteiger partial charge in [-0.2, -0.15) is 0 Å². The lowest BCUT2D eigenvalue weighted by Gasteiger charge is -2.09. The zero-order chi connectivity index (χ0) is 5.21. The van der Waals surface area contributed by atoms with Crippen LogP contribution in [0.25, 0.3) is 0 Å². The minimum atomic E-state index is -0.229. The van der Waals surface area contributed by atoms with Crippen LogP contribution < -0.4 is 0 Å². The molecule has 0 saturated carbocycles. The van der Waals surface area contributed by atoms with Crippen LogP contribution in [0.3, 0.4) is 0 Å². The van der Waals surface area contributed by atoms with Crippen molar-refractivity contribution in [2.45, 2.75) is 20.8 Å². The summed E-state index contributed by atoms with van der Waals surface area (Å²) in [6, 6.07) is 0. The van der Waals surface area contributed by atoms with Crippen LogP contribution >= 0.6 is 0 Å². The quantitative estimate of drug-likeness (QED) is 0.426. The SMILES string of the molecule is CC(C)(C)CF. The molecule has 0 saturated heterocycles. The Balaban J connectivity index is 3.17. The lowest BCUT2D eigenvalue weighted by molar-refractivity contribution is 0.285. The summed E-state index contributed by atoms with van der Waals surface area (Å²) in [6.07, 6.45) is 0. The molecule has 0 amide bonds. The highest BCUT2D eigenvalue weighted by molar-refractivity contribution is 4.56. The maximum absolute atomic E-state index is 11.5. The molecule has 0 aliphatic carbocycles. The van der Waals surface area contributed by atoms with Gasteiger partial charge in [0.15, 0.2) is 0 Å². The van der Waals surface area contributed by atoms with Crippen molar-refractivity contribution in [1.29, 1.82) is 0 Å². The van der Waals surface area contributed by atoms with E-state index in [4.69, 9.17) is 0 Å². The monoisotopic (exact) mass is 90.1 g/mol. The van der Waals surface area contributed by atoms with Crippen LogP contribution in [0.4, 0.5) is 4.39 Å². The van der Waals surface area contributed by atoms with Crippen LogP contribution in [-0.4, -0.2) is 6.67 Å². The summed E-state index contributed by atoms with van der Waals surface area (Å²) in [5, 5.41) is 0. The van der Waals surface area contributed by atoms with Crippen LogP contribution in [0, 0.1) is 5.41 Å². The van der Waals surface area contributed by atoms with Gasteiger partial charge in [-0.05, 0) is 5.41 Å². The summed E-state index contributed by atoms with van der Waals surface area (Å²) in [6.45, 7) is 5.38. The second-order valence-corrected chi connectivity index (χ2v) is 2.69. The molecule has 0 rings (SSSR count). The van der Waals surface area contributed by atoms with Gasteiger partial charge >= 0.3 is 0 Å². The first-order chi connectivity index (χ1) is 2.56. The van der Waals surface area contributed by atoms with Crippen LogP contribution in [0.5, 0.6) is 0 Å². The van der Waals surface area contributed by atoms with E-state index in [9.17, 15) is 4.39 Å². The zero-order valence-electron chi connectivity index (χ0n) is 4.59. The molecule has 0 aliphatic heterocycles. The smallest absolute Gasteiger partial charge is 0.0942 e. The summed E-state index contributed by atoms with van der Waals surface area (Å²) in [5.41, 5.74) is -0.125. The molecule has 0 aromatic carbocycles. The second-order valence-electron chi connectivity index (χ2n) is 2.69. The number of rotatable bonds is 0. The fraction of sp³-hybridized carbons (Fsp3) is 1.00. The molecule has 0 nitrogen and oxygen atoms in total. The van der Waals surface area contributed by atoms with Gasteiger partial charge in [-0.25, -0.2) is 0 Å². The van der Waals surface area contributed by atoms with Gasteiger partial charge in [0.05, 0.1) is 6.67 Å². The first kappa shape index (κ1) is 5.93. The Morgan fingerprint density at radius 3 is 1.50 bits per heavy atom. The lowest BCUT2D eigenvalue weighted by Crippen LogP contribution is -2.05. The Bertz CT molecular complexity index is 33.7. The highest BCUT2D eigenvalue weighted by Gasteiger charge is 2.06. The molecule has 0 heterocycles. The first-order valence-electron chi connectivity index (χ1n) is 2.12.